The van der Waals surface area contributed by atoms with Gasteiger partial charge in [-0.1, -0.05) is 36.4 Å². The van der Waals surface area contributed by atoms with Gasteiger partial charge >= 0.3 is 0 Å². The van der Waals surface area contributed by atoms with Gasteiger partial charge in [-0.2, -0.15) is 0 Å². The van der Waals surface area contributed by atoms with Crippen LogP contribution >= 0.6 is 0 Å². The monoisotopic (exact) mass is 288 g/mol. The van der Waals surface area contributed by atoms with E-state index in [2.05, 4.69) is 0 Å². The molecular formula is C16H16O3S. The van der Waals surface area contributed by atoms with Gasteiger partial charge in [-0.05, 0) is 29.7 Å². The van der Waals surface area contributed by atoms with E-state index in [9.17, 15) is 13.2 Å². The van der Waals surface area contributed by atoms with Crippen LogP contribution in [0.15, 0.2) is 36.4 Å². The van der Waals surface area contributed by atoms with Crippen LogP contribution in [0, 0.1) is 12.8 Å². The van der Waals surface area contributed by atoms with Crippen LogP contribution in [0.5, 0.6) is 0 Å². The highest BCUT2D eigenvalue weighted by molar-refractivity contribution is 7.91. The first-order valence-corrected chi connectivity index (χ1v) is 8.53. The van der Waals surface area contributed by atoms with Crippen molar-refractivity contribution in [2.45, 2.75) is 13.3 Å². The Bertz CT molecular complexity index is 790. The molecule has 0 amide bonds. The number of Topliss-reactive ketones (excluding diaryl/α,β-unsaturated/α-hetero) is 1. The van der Waals surface area contributed by atoms with Gasteiger partial charge in [-0.3, -0.25) is 4.79 Å². The second kappa shape index (κ2) is 4.70. The SMILES string of the molecule is Cc1ccc2ccccc2c1C(=O)C1CCS(=O)(=O)C1. The number of rotatable bonds is 2. The van der Waals surface area contributed by atoms with Gasteiger partial charge in [-0.25, -0.2) is 8.42 Å². The molecule has 0 N–H and O–H groups in total. The molecule has 0 spiro atoms. The highest BCUT2D eigenvalue weighted by Gasteiger charge is 2.34. The number of hydrogen-bond donors (Lipinski definition) is 0. The van der Waals surface area contributed by atoms with E-state index in [1.54, 1.807) is 0 Å². The molecule has 2 aromatic carbocycles. The Morgan fingerprint density at radius 3 is 2.60 bits per heavy atom. The maximum absolute atomic E-state index is 12.7. The Labute approximate surface area is 118 Å². The Morgan fingerprint density at radius 1 is 1.15 bits per heavy atom. The molecule has 0 saturated carbocycles. The molecule has 0 bridgehead atoms. The second-order valence-corrected chi connectivity index (χ2v) is 7.67. The van der Waals surface area contributed by atoms with Crippen LogP contribution in [0.25, 0.3) is 10.8 Å². The van der Waals surface area contributed by atoms with Crippen LogP contribution in [0.4, 0.5) is 0 Å². The first-order valence-electron chi connectivity index (χ1n) is 6.71. The van der Waals surface area contributed by atoms with E-state index in [1.165, 1.54) is 0 Å². The van der Waals surface area contributed by atoms with Crippen LogP contribution in [0.2, 0.25) is 0 Å². The molecule has 20 heavy (non-hydrogen) atoms. The zero-order valence-electron chi connectivity index (χ0n) is 11.3. The largest absolute Gasteiger partial charge is 0.294 e. The third kappa shape index (κ3) is 2.24. The number of hydrogen-bond acceptors (Lipinski definition) is 3. The summed E-state index contributed by atoms with van der Waals surface area (Å²) in [5.41, 5.74) is 1.60. The fraction of sp³-hybridized carbons (Fsp3) is 0.312. The minimum Gasteiger partial charge on any atom is -0.294 e. The topological polar surface area (TPSA) is 51.2 Å². The lowest BCUT2D eigenvalue weighted by molar-refractivity contribution is 0.0934. The third-order valence-corrected chi connectivity index (χ3v) is 5.75. The standard InChI is InChI=1S/C16H16O3S/c1-11-6-7-12-4-2-3-5-14(12)15(11)16(17)13-8-9-20(18,19)10-13/h2-7,13H,8-10H2,1H3. The molecule has 0 radical (unpaired) electrons. The predicted octanol–water partition coefficient (Wildman–Crippen LogP) is 2.77. The van der Waals surface area contributed by atoms with Crippen molar-refractivity contribution in [2.24, 2.45) is 5.92 Å². The summed E-state index contributed by atoms with van der Waals surface area (Å²) in [5.74, 6) is -0.285. The lowest BCUT2D eigenvalue weighted by Crippen LogP contribution is -2.17. The lowest BCUT2D eigenvalue weighted by atomic mass is 9.90. The molecular weight excluding hydrogens is 272 g/mol. The van der Waals surface area contributed by atoms with Crippen molar-refractivity contribution < 1.29 is 13.2 Å². The van der Waals surface area contributed by atoms with Crippen LogP contribution in [-0.2, 0) is 9.84 Å². The van der Waals surface area contributed by atoms with E-state index in [1.807, 2.05) is 43.3 Å². The number of carbonyl (C=O) groups excluding carboxylic acids is 1. The van der Waals surface area contributed by atoms with Gasteiger partial charge in [0.15, 0.2) is 15.6 Å². The van der Waals surface area contributed by atoms with Gasteiger partial charge in [0.25, 0.3) is 0 Å². The van der Waals surface area contributed by atoms with E-state index in [0.29, 0.717) is 12.0 Å². The van der Waals surface area contributed by atoms with E-state index >= 15 is 0 Å². The van der Waals surface area contributed by atoms with E-state index < -0.39 is 9.84 Å². The summed E-state index contributed by atoms with van der Waals surface area (Å²) in [6.45, 7) is 1.91. The number of carbonyl (C=O) groups is 1. The van der Waals surface area contributed by atoms with Crippen LogP contribution < -0.4 is 0 Å². The molecule has 4 heteroatoms. The first-order chi connectivity index (χ1) is 9.48. The lowest BCUT2D eigenvalue weighted by Gasteiger charge is -2.12. The highest BCUT2D eigenvalue weighted by atomic mass is 32.2. The normalized spacial score (nSPS) is 21.1. The number of benzene rings is 2. The minimum absolute atomic E-state index is 0.00546. The molecule has 1 heterocycles. The fourth-order valence-corrected chi connectivity index (χ4v) is 4.65. The van der Waals surface area contributed by atoms with Crippen molar-refractivity contribution in [1.82, 2.24) is 0 Å². The van der Waals surface area contributed by atoms with Crippen LogP contribution in [0.1, 0.15) is 22.3 Å². The van der Waals surface area contributed by atoms with Crippen molar-refractivity contribution in [3.8, 4) is 0 Å². The summed E-state index contributed by atoms with van der Waals surface area (Å²) in [6.07, 6.45) is 0.448. The van der Waals surface area contributed by atoms with Gasteiger partial charge in [0.1, 0.15) is 0 Å². The third-order valence-electron chi connectivity index (χ3n) is 3.99. The molecule has 1 saturated heterocycles. The Kier molecular flexibility index (Phi) is 3.13. The second-order valence-electron chi connectivity index (χ2n) is 5.44. The zero-order chi connectivity index (χ0) is 14.3. The van der Waals surface area contributed by atoms with Gasteiger partial charge in [0, 0.05) is 11.5 Å². The highest BCUT2D eigenvalue weighted by Crippen LogP contribution is 2.29. The molecule has 1 fully saturated rings. The zero-order valence-corrected chi connectivity index (χ0v) is 12.1. The van der Waals surface area contributed by atoms with Gasteiger partial charge < -0.3 is 0 Å². The summed E-state index contributed by atoms with van der Waals surface area (Å²) in [4.78, 5) is 12.7. The molecule has 1 aliphatic rings. The summed E-state index contributed by atoms with van der Waals surface area (Å²) in [7, 11) is -3.04. The molecule has 3 rings (SSSR count). The number of aryl methyl sites for hydroxylation is 1. The van der Waals surface area contributed by atoms with Crippen LogP contribution in [-0.4, -0.2) is 25.7 Å². The molecule has 1 unspecified atom stereocenters. The first kappa shape index (κ1) is 13.3. The summed E-state index contributed by atoms with van der Waals surface area (Å²) >= 11 is 0. The van der Waals surface area contributed by atoms with Crippen molar-refractivity contribution in [2.75, 3.05) is 11.5 Å². The summed E-state index contributed by atoms with van der Waals surface area (Å²) in [5, 5.41) is 1.93. The molecule has 3 nitrogen and oxygen atoms in total. The predicted molar refractivity (Wildman–Crippen MR) is 79.8 cm³/mol. The Morgan fingerprint density at radius 2 is 1.90 bits per heavy atom. The van der Waals surface area contributed by atoms with Gasteiger partial charge in [0.2, 0.25) is 0 Å². The van der Waals surface area contributed by atoms with Crippen molar-refractivity contribution >= 4 is 26.4 Å². The number of sulfone groups is 1. The fourth-order valence-electron chi connectivity index (χ4n) is 2.91. The Hall–Kier alpha value is -1.68. The minimum atomic E-state index is -3.04. The molecule has 2 aromatic rings. The molecule has 1 aliphatic heterocycles. The molecule has 1 atom stereocenters. The van der Waals surface area contributed by atoms with E-state index in [0.717, 1.165) is 16.3 Å². The van der Waals surface area contributed by atoms with Crippen molar-refractivity contribution in [1.29, 1.82) is 0 Å². The summed E-state index contributed by atoms with van der Waals surface area (Å²) < 4.78 is 23.1. The molecule has 0 aliphatic carbocycles. The van der Waals surface area contributed by atoms with E-state index in [-0.39, 0.29) is 23.2 Å². The van der Waals surface area contributed by atoms with Gasteiger partial charge in [-0.15, -0.1) is 0 Å². The van der Waals surface area contributed by atoms with Crippen molar-refractivity contribution in [3.05, 3.63) is 47.5 Å². The number of fused-ring (bicyclic) bond motifs is 1. The van der Waals surface area contributed by atoms with E-state index in [4.69, 9.17) is 0 Å². The number of ketones is 1. The average molecular weight is 288 g/mol. The Balaban J connectivity index is 2.10. The van der Waals surface area contributed by atoms with Gasteiger partial charge in [0.05, 0.1) is 11.5 Å². The maximum atomic E-state index is 12.7. The van der Waals surface area contributed by atoms with Crippen LogP contribution in [0.3, 0.4) is 0 Å². The molecule has 0 aromatic heterocycles. The average Bonchev–Trinajstić information content (AvgIpc) is 2.78. The summed E-state index contributed by atoms with van der Waals surface area (Å²) in [6, 6.07) is 11.7. The maximum Gasteiger partial charge on any atom is 0.167 e. The quantitative estimate of drug-likeness (QED) is 0.798. The molecule has 104 valence electrons. The smallest absolute Gasteiger partial charge is 0.167 e. The van der Waals surface area contributed by atoms with Crippen molar-refractivity contribution in [3.63, 3.8) is 0 Å².